The monoisotopic (exact) mass is 470 g/mol. The number of aromatic nitrogens is 2. The third-order valence-electron chi connectivity index (χ3n) is 7.14. The van der Waals surface area contributed by atoms with Crippen LogP contribution in [0.1, 0.15) is 37.2 Å². The number of benzene rings is 1. The fourth-order valence-electron chi connectivity index (χ4n) is 5.30. The summed E-state index contributed by atoms with van der Waals surface area (Å²) in [5.41, 5.74) is 4.55. The lowest BCUT2D eigenvalue weighted by Gasteiger charge is -2.25. The molecule has 1 unspecified atom stereocenters. The number of pyridine rings is 1. The lowest BCUT2D eigenvalue weighted by Crippen LogP contribution is -2.34. The summed E-state index contributed by atoms with van der Waals surface area (Å²) in [6.07, 6.45) is 2.14. The smallest absolute Gasteiger partial charge is 0.193 e. The van der Waals surface area contributed by atoms with Gasteiger partial charge in [-0.25, -0.2) is 4.98 Å². The van der Waals surface area contributed by atoms with E-state index in [-0.39, 0.29) is 31.0 Å². The molecule has 4 atom stereocenters. The van der Waals surface area contributed by atoms with Crippen molar-refractivity contribution >= 4 is 22.6 Å². The fourth-order valence-corrected chi connectivity index (χ4v) is 5.56. The normalized spacial score (nSPS) is 31.7. The maximum atomic E-state index is 9.92. The molecule has 3 fully saturated rings. The van der Waals surface area contributed by atoms with E-state index in [1.807, 2.05) is 12.1 Å². The Kier molecular flexibility index (Phi) is 5.55. The highest BCUT2D eigenvalue weighted by atomic mass is 35.5. The Bertz CT molecular complexity index is 1140. The molecule has 33 heavy (non-hydrogen) atoms. The van der Waals surface area contributed by atoms with Crippen molar-refractivity contribution in [2.24, 2.45) is 0 Å². The maximum absolute atomic E-state index is 9.92. The van der Waals surface area contributed by atoms with Crippen molar-refractivity contribution in [3.8, 4) is 17.1 Å². The Labute approximate surface area is 196 Å². The predicted octanol–water partition coefficient (Wildman–Crippen LogP) is 3.81. The predicted molar refractivity (Wildman–Crippen MR) is 124 cm³/mol. The van der Waals surface area contributed by atoms with Gasteiger partial charge in [-0.15, -0.1) is 0 Å². The highest BCUT2D eigenvalue weighted by molar-refractivity contribution is 6.33. The summed E-state index contributed by atoms with van der Waals surface area (Å²) in [6, 6.07) is 12.2. The zero-order chi connectivity index (χ0) is 22.5. The van der Waals surface area contributed by atoms with Crippen LogP contribution in [0.4, 0.5) is 0 Å². The van der Waals surface area contributed by atoms with Gasteiger partial charge in [0.15, 0.2) is 12.0 Å². The van der Waals surface area contributed by atoms with Crippen molar-refractivity contribution in [2.75, 3.05) is 13.2 Å². The summed E-state index contributed by atoms with van der Waals surface area (Å²) in [7, 11) is 0. The minimum atomic E-state index is -0.606. The lowest BCUT2D eigenvalue weighted by molar-refractivity contribution is 0.00794. The van der Waals surface area contributed by atoms with E-state index in [2.05, 4.69) is 29.2 Å². The number of hydrogen-bond donors (Lipinski definition) is 3. The van der Waals surface area contributed by atoms with Crippen molar-refractivity contribution in [1.82, 2.24) is 9.97 Å². The molecule has 7 nitrogen and oxygen atoms in total. The molecule has 1 aliphatic carbocycles. The van der Waals surface area contributed by atoms with Gasteiger partial charge in [-0.3, -0.25) is 0 Å². The van der Waals surface area contributed by atoms with E-state index in [1.165, 1.54) is 5.56 Å². The quantitative estimate of drug-likeness (QED) is 0.536. The van der Waals surface area contributed by atoms with E-state index in [9.17, 15) is 10.2 Å². The molecule has 1 saturated carbocycles. The second kappa shape index (κ2) is 8.56. The van der Waals surface area contributed by atoms with Crippen molar-refractivity contribution in [2.45, 2.75) is 62.1 Å². The van der Waals surface area contributed by atoms with Crippen molar-refractivity contribution < 1.29 is 24.4 Å². The fraction of sp³-hybridized carbons (Fsp3) is 0.480. The van der Waals surface area contributed by atoms with E-state index in [0.717, 1.165) is 48.0 Å². The maximum Gasteiger partial charge on any atom is 0.193 e. The molecule has 3 N–H and O–H groups in total. The van der Waals surface area contributed by atoms with Crippen LogP contribution < -0.4 is 4.74 Å². The van der Waals surface area contributed by atoms with Crippen LogP contribution in [0.3, 0.4) is 0 Å². The highest BCUT2D eigenvalue weighted by Gasteiger charge is 2.48. The zero-order valence-corrected chi connectivity index (χ0v) is 18.9. The standard InChI is InChI=1S/C25H27ClN2O5/c26-17-9-18-19(10-22(27-18)33-21-12-32-24-20(30)11-31-25(21)24)28-23(17)15-3-1-13(2-4-15)14-5-7-16(29)8-6-14/h1-4,9-10,14,16,20-21,24-25,27,29-30H,5-8,11-12H2/t14?,16?,20-,21-,24?,25-/m1/s1. The van der Waals surface area contributed by atoms with Gasteiger partial charge in [-0.05, 0) is 43.2 Å². The first-order chi connectivity index (χ1) is 16.0. The van der Waals surface area contributed by atoms with Crippen molar-refractivity contribution in [3.05, 3.63) is 47.0 Å². The number of aliphatic hydroxyl groups is 2. The number of nitrogens with one attached hydrogen (secondary N) is 1. The molecule has 3 aliphatic rings. The van der Waals surface area contributed by atoms with Crippen LogP contribution in [0, 0.1) is 0 Å². The van der Waals surface area contributed by atoms with Gasteiger partial charge in [-0.1, -0.05) is 35.9 Å². The van der Waals surface area contributed by atoms with Crippen LogP contribution in [0.15, 0.2) is 36.4 Å². The average molecular weight is 471 g/mol. The summed E-state index contributed by atoms with van der Waals surface area (Å²) >= 11 is 6.59. The van der Waals surface area contributed by atoms with Crippen LogP contribution in [0.2, 0.25) is 5.02 Å². The second-order valence-corrected chi connectivity index (χ2v) is 9.74. The van der Waals surface area contributed by atoms with Crippen LogP contribution in [0.5, 0.6) is 5.88 Å². The van der Waals surface area contributed by atoms with Crippen LogP contribution in [-0.4, -0.2) is 63.9 Å². The Morgan fingerprint density at radius 1 is 0.970 bits per heavy atom. The molecule has 0 radical (unpaired) electrons. The number of rotatable bonds is 4. The van der Waals surface area contributed by atoms with Gasteiger partial charge in [0.2, 0.25) is 0 Å². The summed E-state index contributed by atoms with van der Waals surface area (Å²) in [5.74, 6) is 1.07. The molecule has 8 heteroatoms. The molecule has 0 amide bonds. The van der Waals surface area contributed by atoms with E-state index < -0.39 is 6.10 Å². The third-order valence-corrected chi connectivity index (χ3v) is 7.43. The molecule has 2 aromatic heterocycles. The number of aliphatic hydroxyl groups excluding tert-OH is 2. The highest BCUT2D eigenvalue weighted by Crippen LogP contribution is 2.36. The molecule has 2 aliphatic heterocycles. The van der Waals surface area contributed by atoms with Gasteiger partial charge in [0.1, 0.15) is 18.3 Å². The summed E-state index contributed by atoms with van der Waals surface area (Å²) in [4.78, 5) is 8.02. The lowest BCUT2D eigenvalue weighted by atomic mass is 9.82. The first kappa shape index (κ1) is 21.4. The average Bonchev–Trinajstić information content (AvgIpc) is 3.51. The van der Waals surface area contributed by atoms with Gasteiger partial charge in [0, 0.05) is 11.6 Å². The molecular formula is C25H27ClN2O5. The van der Waals surface area contributed by atoms with Crippen molar-refractivity contribution in [3.63, 3.8) is 0 Å². The molecule has 4 heterocycles. The molecular weight excluding hydrogens is 444 g/mol. The van der Waals surface area contributed by atoms with Crippen LogP contribution >= 0.6 is 11.6 Å². The first-order valence-electron chi connectivity index (χ1n) is 11.6. The van der Waals surface area contributed by atoms with Gasteiger partial charge < -0.3 is 29.4 Å². The Morgan fingerprint density at radius 2 is 1.73 bits per heavy atom. The number of aromatic amines is 1. The van der Waals surface area contributed by atoms with Gasteiger partial charge in [0.25, 0.3) is 0 Å². The number of H-pyrrole nitrogens is 1. The third kappa shape index (κ3) is 4.02. The summed E-state index contributed by atoms with van der Waals surface area (Å²) in [6.45, 7) is 0.636. The van der Waals surface area contributed by atoms with Gasteiger partial charge >= 0.3 is 0 Å². The summed E-state index contributed by atoms with van der Waals surface area (Å²) in [5, 5.41) is 20.2. The Morgan fingerprint density at radius 3 is 2.52 bits per heavy atom. The molecule has 6 rings (SSSR count). The molecule has 174 valence electrons. The van der Waals surface area contributed by atoms with E-state index in [0.29, 0.717) is 23.4 Å². The van der Waals surface area contributed by atoms with E-state index in [1.54, 1.807) is 0 Å². The molecule has 2 saturated heterocycles. The Balaban J connectivity index is 1.21. The molecule has 0 spiro atoms. The van der Waals surface area contributed by atoms with Crippen LogP contribution in [-0.2, 0) is 9.47 Å². The second-order valence-electron chi connectivity index (χ2n) is 9.33. The Hall–Kier alpha value is -2.16. The number of halogens is 1. The summed E-state index contributed by atoms with van der Waals surface area (Å²) < 4.78 is 17.4. The minimum Gasteiger partial charge on any atom is -0.470 e. The van der Waals surface area contributed by atoms with Crippen molar-refractivity contribution in [1.29, 1.82) is 0 Å². The topological polar surface area (TPSA) is 96.8 Å². The first-order valence-corrected chi connectivity index (χ1v) is 12.0. The van der Waals surface area contributed by atoms with Crippen LogP contribution in [0.25, 0.3) is 22.3 Å². The van der Waals surface area contributed by atoms with E-state index in [4.69, 9.17) is 30.8 Å². The molecule has 3 aromatic rings. The number of hydrogen-bond acceptors (Lipinski definition) is 6. The minimum absolute atomic E-state index is 0.148. The number of fused-ring (bicyclic) bond motifs is 2. The largest absolute Gasteiger partial charge is 0.470 e. The van der Waals surface area contributed by atoms with E-state index >= 15 is 0 Å². The zero-order valence-electron chi connectivity index (χ0n) is 18.1. The van der Waals surface area contributed by atoms with Gasteiger partial charge in [-0.2, -0.15) is 0 Å². The molecule has 0 bridgehead atoms. The molecule has 1 aromatic carbocycles. The number of ether oxygens (including phenoxy) is 3. The SMILES string of the molecule is OC1CCC(c2ccc(-c3nc4cc(O[C@@H]5COC6[C@H](O)CO[C@@H]65)[nH]c4cc3Cl)cc2)CC1. The number of nitrogens with zero attached hydrogens (tertiary/aromatic N) is 1. The van der Waals surface area contributed by atoms with Gasteiger partial charge in [0.05, 0.1) is 41.1 Å².